The molecule has 0 fully saturated rings. The molecule has 0 aromatic heterocycles. The predicted molar refractivity (Wildman–Crippen MR) is 95.6 cm³/mol. The fraction of sp³-hybridized carbons (Fsp3) is 0.429. The van der Waals surface area contributed by atoms with Gasteiger partial charge >= 0.3 is 0 Å². The zero-order chi connectivity index (χ0) is 16.7. The Kier molecular flexibility index (Phi) is 4.07. The maximum atomic E-state index is 11.7. The third-order valence-electron chi connectivity index (χ3n) is 5.59. The van der Waals surface area contributed by atoms with Crippen molar-refractivity contribution >= 4 is 0 Å². The Morgan fingerprint density at radius 1 is 1.00 bits per heavy atom. The Labute approximate surface area is 139 Å². The lowest BCUT2D eigenvalue weighted by atomic mass is 9.65. The minimum absolute atomic E-state index is 0.201. The van der Waals surface area contributed by atoms with Crippen molar-refractivity contribution in [2.24, 2.45) is 5.41 Å². The number of hydrogen-bond donors (Lipinski definition) is 1. The fourth-order valence-corrected chi connectivity index (χ4v) is 4.68. The van der Waals surface area contributed by atoms with E-state index in [1.165, 1.54) is 11.1 Å². The lowest BCUT2D eigenvalue weighted by Crippen LogP contribution is -2.48. The van der Waals surface area contributed by atoms with Crippen molar-refractivity contribution < 1.29 is 5.11 Å². The predicted octanol–water partition coefficient (Wildman–Crippen LogP) is 4.00. The van der Waals surface area contributed by atoms with Crippen LogP contribution in [0, 0.1) is 5.41 Å². The number of benzene rings is 2. The van der Waals surface area contributed by atoms with Crippen LogP contribution in [-0.2, 0) is 5.60 Å². The second-order valence-corrected chi connectivity index (χ2v) is 7.30. The summed E-state index contributed by atoms with van der Waals surface area (Å²) in [5.41, 5.74) is 2.58. The van der Waals surface area contributed by atoms with Crippen molar-refractivity contribution in [1.82, 2.24) is 4.90 Å². The molecular formula is C21H27NO. The van der Waals surface area contributed by atoms with Gasteiger partial charge in [0.2, 0.25) is 0 Å². The average molecular weight is 309 g/mol. The second kappa shape index (κ2) is 5.77. The van der Waals surface area contributed by atoms with E-state index in [1.54, 1.807) is 0 Å². The van der Waals surface area contributed by atoms with Gasteiger partial charge in [-0.15, -0.1) is 0 Å². The zero-order valence-corrected chi connectivity index (χ0v) is 14.6. The molecule has 2 heteroatoms. The maximum absolute atomic E-state index is 11.7. The van der Waals surface area contributed by atoms with E-state index in [0.29, 0.717) is 0 Å². The lowest BCUT2D eigenvalue weighted by Gasteiger charge is -2.45. The lowest BCUT2D eigenvalue weighted by molar-refractivity contribution is -0.0889. The standard InChI is InChI=1S/C21H27NO/c1-5-21(23)18-14-10-9-13-17(18)19(16-11-7-6-8-12-16)20(21,2)15-22(3)4/h6-14,19,23H,5,15H2,1-4H3/t19-,20+,21+/m1/s1. The van der Waals surface area contributed by atoms with Gasteiger partial charge in [-0.25, -0.2) is 0 Å². The summed E-state index contributed by atoms with van der Waals surface area (Å²) in [6.07, 6.45) is 0.720. The Morgan fingerprint density at radius 2 is 1.61 bits per heavy atom. The van der Waals surface area contributed by atoms with Gasteiger partial charge in [0.05, 0.1) is 5.60 Å². The van der Waals surface area contributed by atoms with E-state index >= 15 is 0 Å². The van der Waals surface area contributed by atoms with Crippen LogP contribution < -0.4 is 0 Å². The van der Waals surface area contributed by atoms with E-state index in [9.17, 15) is 5.11 Å². The summed E-state index contributed by atoms with van der Waals surface area (Å²) in [4.78, 5) is 2.20. The quantitative estimate of drug-likeness (QED) is 0.923. The third-order valence-corrected chi connectivity index (χ3v) is 5.59. The van der Waals surface area contributed by atoms with Gasteiger partial charge in [0.1, 0.15) is 0 Å². The van der Waals surface area contributed by atoms with Crippen LogP contribution in [0.15, 0.2) is 54.6 Å². The van der Waals surface area contributed by atoms with Gasteiger partial charge in [-0.05, 0) is 37.2 Å². The minimum Gasteiger partial charge on any atom is -0.385 e. The van der Waals surface area contributed by atoms with Gasteiger partial charge in [0.25, 0.3) is 0 Å². The molecule has 0 radical (unpaired) electrons. The first-order valence-electron chi connectivity index (χ1n) is 8.45. The molecule has 0 aliphatic heterocycles. The molecule has 2 aromatic carbocycles. The van der Waals surface area contributed by atoms with Crippen LogP contribution >= 0.6 is 0 Å². The van der Waals surface area contributed by atoms with Crippen LogP contribution in [0.25, 0.3) is 0 Å². The average Bonchev–Trinajstić information content (AvgIpc) is 2.73. The topological polar surface area (TPSA) is 23.5 Å². The van der Waals surface area contributed by atoms with Gasteiger partial charge in [-0.1, -0.05) is 68.4 Å². The van der Waals surface area contributed by atoms with Crippen molar-refractivity contribution in [2.45, 2.75) is 31.8 Å². The fourth-order valence-electron chi connectivity index (χ4n) is 4.68. The minimum atomic E-state index is -0.811. The smallest absolute Gasteiger partial charge is 0.0971 e. The maximum Gasteiger partial charge on any atom is 0.0971 e. The van der Waals surface area contributed by atoms with Gasteiger partial charge in [-0.2, -0.15) is 0 Å². The summed E-state index contributed by atoms with van der Waals surface area (Å²) >= 11 is 0. The highest BCUT2D eigenvalue weighted by Gasteiger charge is 2.58. The summed E-state index contributed by atoms with van der Waals surface area (Å²) in [6, 6.07) is 19.1. The van der Waals surface area contributed by atoms with Crippen molar-refractivity contribution in [2.75, 3.05) is 20.6 Å². The monoisotopic (exact) mass is 309 g/mol. The largest absolute Gasteiger partial charge is 0.385 e. The number of fused-ring (bicyclic) bond motifs is 1. The molecule has 0 unspecified atom stereocenters. The van der Waals surface area contributed by atoms with Crippen LogP contribution in [-0.4, -0.2) is 30.6 Å². The summed E-state index contributed by atoms with van der Waals surface area (Å²) in [7, 11) is 4.18. The number of rotatable bonds is 4. The molecule has 0 bridgehead atoms. The van der Waals surface area contributed by atoms with Gasteiger partial charge in [0, 0.05) is 17.9 Å². The molecule has 1 N–H and O–H groups in total. The van der Waals surface area contributed by atoms with Crippen LogP contribution in [0.1, 0.15) is 42.9 Å². The first kappa shape index (κ1) is 16.2. The second-order valence-electron chi connectivity index (χ2n) is 7.30. The van der Waals surface area contributed by atoms with Crippen molar-refractivity contribution in [3.05, 3.63) is 71.3 Å². The SMILES string of the molecule is CC[C@]1(O)c2ccccc2[C@@H](c2ccccc2)[C@]1(C)CN(C)C. The van der Waals surface area contributed by atoms with Crippen LogP contribution in [0.3, 0.4) is 0 Å². The molecule has 1 aliphatic carbocycles. The molecule has 2 nitrogen and oxygen atoms in total. The molecule has 2 aromatic rings. The third kappa shape index (κ3) is 2.32. The summed E-state index contributed by atoms with van der Waals surface area (Å²) in [6.45, 7) is 5.18. The van der Waals surface area contributed by atoms with Gasteiger partial charge in [-0.3, -0.25) is 0 Å². The van der Waals surface area contributed by atoms with Crippen molar-refractivity contribution in [3.63, 3.8) is 0 Å². The highest BCUT2D eigenvalue weighted by molar-refractivity contribution is 5.50. The molecule has 1 aliphatic rings. The molecule has 3 rings (SSSR count). The van der Waals surface area contributed by atoms with E-state index in [-0.39, 0.29) is 11.3 Å². The van der Waals surface area contributed by atoms with Gasteiger partial charge in [0.15, 0.2) is 0 Å². The number of aliphatic hydroxyl groups is 1. The number of nitrogens with zero attached hydrogens (tertiary/aromatic N) is 1. The van der Waals surface area contributed by atoms with Crippen molar-refractivity contribution in [3.8, 4) is 0 Å². The Hall–Kier alpha value is -1.64. The van der Waals surface area contributed by atoms with E-state index in [4.69, 9.17) is 0 Å². The highest BCUT2D eigenvalue weighted by Crippen LogP contribution is 2.61. The molecule has 0 saturated carbocycles. The Balaban J connectivity index is 2.26. The van der Waals surface area contributed by atoms with Crippen LogP contribution in [0.2, 0.25) is 0 Å². The molecule has 122 valence electrons. The normalized spacial score (nSPS) is 29.7. The molecule has 3 atom stereocenters. The summed E-state index contributed by atoms with van der Waals surface area (Å²) < 4.78 is 0. The van der Waals surface area contributed by atoms with E-state index in [0.717, 1.165) is 18.5 Å². The van der Waals surface area contributed by atoms with Gasteiger partial charge < -0.3 is 10.0 Å². The van der Waals surface area contributed by atoms with Crippen LogP contribution in [0.5, 0.6) is 0 Å². The molecule has 0 saturated heterocycles. The van der Waals surface area contributed by atoms with Crippen LogP contribution in [0.4, 0.5) is 0 Å². The first-order valence-corrected chi connectivity index (χ1v) is 8.45. The Bertz CT molecular complexity index is 681. The molecular weight excluding hydrogens is 282 g/mol. The molecule has 0 amide bonds. The highest BCUT2D eigenvalue weighted by atomic mass is 16.3. The zero-order valence-electron chi connectivity index (χ0n) is 14.6. The molecule has 23 heavy (non-hydrogen) atoms. The van der Waals surface area contributed by atoms with E-state index in [2.05, 4.69) is 81.4 Å². The molecule has 0 spiro atoms. The summed E-state index contributed by atoms with van der Waals surface area (Å²) in [5.74, 6) is 0.201. The first-order chi connectivity index (χ1) is 10.9. The molecule has 0 heterocycles. The Morgan fingerprint density at radius 3 is 2.22 bits per heavy atom. The number of hydrogen-bond acceptors (Lipinski definition) is 2. The summed E-state index contributed by atoms with van der Waals surface area (Å²) in [5, 5.41) is 11.7. The van der Waals surface area contributed by atoms with E-state index in [1.807, 2.05) is 6.07 Å². The van der Waals surface area contributed by atoms with Crippen molar-refractivity contribution in [1.29, 1.82) is 0 Å². The van der Waals surface area contributed by atoms with E-state index < -0.39 is 5.60 Å².